The molecule has 0 spiro atoms. The molecule has 0 saturated heterocycles. The van der Waals surface area contributed by atoms with E-state index in [9.17, 15) is 0 Å². The molecule has 7 heteroatoms. The van der Waals surface area contributed by atoms with Crippen LogP contribution in [0.15, 0.2) is 0 Å². The maximum absolute atomic E-state index is 5.29. The summed E-state index contributed by atoms with van der Waals surface area (Å²) in [5.41, 5.74) is 0.931. The highest BCUT2D eigenvalue weighted by Crippen LogP contribution is 2.31. The zero-order valence-corrected chi connectivity index (χ0v) is 13.2. The van der Waals surface area contributed by atoms with Crippen LogP contribution in [-0.2, 0) is 17.8 Å². The van der Waals surface area contributed by atoms with Crippen LogP contribution in [0.25, 0.3) is 10.7 Å². The van der Waals surface area contributed by atoms with Gasteiger partial charge < -0.3 is 4.74 Å². The number of thiazole rings is 1. The van der Waals surface area contributed by atoms with Crippen molar-refractivity contribution in [3.8, 4) is 10.7 Å². The van der Waals surface area contributed by atoms with Gasteiger partial charge in [-0.15, -0.1) is 11.3 Å². The highest BCUT2D eigenvalue weighted by molar-refractivity contribution is 7.71. The number of rotatable bonds is 5. The fourth-order valence-corrected chi connectivity index (χ4v) is 3.24. The predicted molar refractivity (Wildman–Crippen MR) is 79.0 cm³/mol. The maximum Gasteiger partial charge on any atom is 0.195 e. The lowest BCUT2D eigenvalue weighted by molar-refractivity contribution is 0.182. The predicted octanol–water partition coefficient (Wildman–Crippen LogP) is 3.35. The molecule has 19 heavy (non-hydrogen) atoms. The second kappa shape index (κ2) is 5.94. The minimum Gasteiger partial charge on any atom is -0.378 e. The van der Waals surface area contributed by atoms with Gasteiger partial charge in [-0.05, 0) is 32.5 Å². The van der Waals surface area contributed by atoms with Crippen LogP contribution in [-0.4, -0.2) is 26.9 Å². The third-order valence-corrected chi connectivity index (χ3v) is 4.27. The molecule has 0 radical (unpaired) electrons. The minimum atomic E-state index is 0.254. The summed E-state index contributed by atoms with van der Waals surface area (Å²) in [5.74, 6) is 0.851. The molecule has 2 aromatic heterocycles. The average molecular weight is 298 g/mol. The van der Waals surface area contributed by atoms with Crippen LogP contribution in [0.3, 0.4) is 0 Å². The van der Waals surface area contributed by atoms with Gasteiger partial charge in [-0.1, -0.05) is 6.92 Å². The van der Waals surface area contributed by atoms with E-state index in [1.54, 1.807) is 18.4 Å². The summed E-state index contributed by atoms with van der Waals surface area (Å²) in [5, 5.41) is 8.32. The standard InChI is InChI=1S/C12H18N4OS2/c1-5-9-13-8(6-17-4)10(19-9)11-14-15-12(18)16(11)7(2)3/h7H,5-6H2,1-4H3,(H,15,18). The Morgan fingerprint density at radius 2 is 2.21 bits per heavy atom. The summed E-state index contributed by atoms with van der Waals surface area (Å²) in [7, 11) is 1.67. The van der Waals surface area contributed by atoms with Crippen molar-refractivity contribution in [2.45, 2.75) is 39.8 Å². The zero-order chi connectivity index (χ0) is 14.0. The molecule has 0 unspecified atom stereocenters. The first-order chi connectivity index (χ1) is 9.08. The largest absolute Gasteiger partial charge is 0.378 e. The topological polar surface area (TPSA) is 55.7 Å². The number of methoxy groups -OCH3 is 1. The molecule has 0 saturated carbocycles. The number of hydrogen-bond donors (Lipinski definition) is 1. The van der Waals surface area contributed by atoms with E-state index < -0.39 is 0 Å². The third-order valence-electron chi connectivity index (χ3n) is 2.75. The SMILES string of the molecule is CCc1nc(COC)c(-c2n[nH]c(=S)n2C(C)C)s1. The Balaban J connectivity index is 2.57. The Morgan fingerprint density at radius 1 is 1.47 bits per heavy atom. The van der Waals surface area contributed by atoms with E-state index in [1.807, 2.05) is 4.57 Å². The summed E-state index contributed by atoms with van der Waals surface area (Å²) < 4.78 is 7.88. The third kappa shape index (κ3) is 2.77. The second-order valence-corrected chi connectivity index (χ2v) is 5.96. The molecule has 1 N–H and O–H groups in total. The van der Waals surface area contributed by atoms with Crippen molar-refractivity contribution in [2.75, 3.05) is 7.11 Å². The highest BCUT2D eigenvalue weighted by Gasteiger charge is 2.19. The number of nitrogens with one attached hydrogen (secondary N) is 1. The number of aromatic amines is 1. The molecule has 0 fully saturated rings. The second-order valence-electron chi connectivity index (χ2n) is 4.49. The molecule has 5 nitrogen and oxygen atoms in total. The lowest BCUT2D eigenvalue weighted by Gasteiger charge is -2.09. The summed E-state index contributed by atoms with van der Waals surface area (Å²) >= 11 is 6.95. The molecule has 0 aliphatic heterocycles. The monoisotopic (exact) mass is 298 g/mol. The zero-order valence-electron chi connectivity index (χ0n) is 11.6. The molecule has 2 heterocycles. The van der Waals surface area contributed by atoms with E-state index in [0.29, 0.717) is 11.4 Å². The van der Waals surface area contributed by atoms with Crippen LogP contribution in [0.5, 0.6) is 0 Å². The number of hydrogen-bond acceptors (Lipinski definition) is 5. The van der Waals surface area contributed by atoms with Crippen LogP contribution < -0.4 is 0 Å². The molecular formula is C12H18N4OS2. The first kappa shape index (κ1) is 14.4. The number of aryl methyl sites for hydroxylation is 1. The van der Waals surface area contributed by atoms with Gasteiger partial charge in [0.1, 0.15) is 0 Å². The van der Waals surface area contributed by atoms with E-state index in [1.165, 1.54) is 0 Å². The molecule has 2 rings (SSSR count). The Morgan fingerprint density at radius 3 is 2.79 bits per heavy atom. The van der Waals surface area contributed by atoms with E-state index >= 15 is 0 Å². The van der Waals surface area contributed by atoms with Gasteiger partial charge in [0.2, 0.25) is 0 Å². The van der Waals surface area contributed by atoms with E-state index in [0.717, 1.165) is 27.8 Å². The van der Waals surface area contributed by atoms with Crippen molar-refractivity contribution < 1.29 is 4.74 Å². The fourth-order valence-electron chi connectivity index (χ4n) is 1.91. The average Bonchev–Trinajstić information content (AvgIpc) is 2.93. The highest BCUT2D eigenvalue weighted by atomic mass is 32.1. The van der Waals surface area contributed by atoms with Gasteiger partial charge in [-0.3, -0.25) is 9.67 Å². The van der Waals surface area contributed by atoms with Crippen molar-refractivity contribution in [2.24, 2.45) is 0 Å². The van der Waals surface area contributed by atoms with Crippen LogP contribution >= 0.6 is 23.6 Å². The van der Waals surface area contributed by atoms with Crippen molar-refractivity contribution >= 4 is 23.6 Å². The van der Waals surface area contributed by atoms with Gasteiger partial charge in [-0.25, -0.2) is 4.98 Å². The van der Waals surface area contributed by atoms with Gasteiger partial charge >= 0.3 is 0 Å². The Hall–Kier alpha value is -1.05. The molecule has 0 bridgehead atoms. The van der Waals surface area contributed by atoms with Crippen molar-refractivity contribution in [1.82, 2.24) is 19.7 Å². The first-order valence-electron chi connectivity index (χ1n) is 6.23. The minimum absolute atomic E-state index is 0.254. The molecular weight excluding hydrogens is 280 g/mol. The van der Waals surface area contributed by atoms with Gasteiger partial charge in [0.15, 0.2) is 10.6 Å². The first-order valence-corrected chi connectivity index (χ1v) is 7.45. The molecule has 2 aromatic rings. The smallest absolute Gasteiger partial charge is 0.195 e. The summed E-state index contributed by atoms with van der Waals surface area (Å²) in [6.07, 6.45) is 0.911. The molecule has 0 aliphatic carbocycles. The summed E-state index contributed by atoms with van der Waals surface area (Å²) in [4.78, 5) is 5.64. The van der Waals surface area contributed by atoms with Gasteiger partial charge in [0.25, 0.3) is 0 Å². The van der Waals surface area contributed by atoms with Gasteiger partial charge in [0.05, 0.1) is 22.2 Å². The van der Waals surface area contributed by atoms with Crippen molar-refractivity contribution in [1.29, 1.82) is 0 Å². The van der Waals surface area contributed by atoms with Crippen molar-refractivity contribution in [3.05, 3.63) is 15.5 Å². The molecule has 0 amide bonds. The summed E-state index contributed by atoms with van der Waals surface area (Å²) in [6, 6.07) is 0.254. The summed E-state index contributed by atoms with van der Waals surface area (Å²) in [6.45, 7) is 6.77. The number of ether oxygens (including phenoxy) is 1. The van der Waals surface area contributed by atoms with Gasteiger partial charge in [0, 0.05) is 13.2 Å². The molecule has 0 atom stereocenters. The number of nitrogens with zero attached hydrogens (tertiary/aromatic N) is 3. The Labute approximate surface area is 121 Å². The van der Waals surface area contributed by atoms with E-state index in [2.05, 4.69) is 36.0 Å². The lowest BCUT2D eigenvalue weighted by Crippen LogP contribution is -2.04. The van der Waals surface area contributed by atoms with E-state index in [-0.39, 0.29) is 6.04 Å². The van der Waals surface area contributed by atoms with E-state index in [4.69, 9.17) is 17.0 Å². The quantitative estimate of drug-likeness (QED) is 0.860. The molecule has 104 valence electrons. The van der Waals surface area contributed by atoms with Crippen LogP contribution in [0.2, 0.25) is 0 Å². The number of H-pyrrole nitrogens is 1. The maximum atomic E-state index is 5.29. The fraction of sp³-hybridized carbons (Fsp3) is 0.583. The Kier molecular flexibility index (Phi) is 4.49. The van der Waals surface area contributed by atoms with Crippen LogP contribution in [0, 0.1) is 4.77 Å². The lowest BCUT2D eigenvalue weighted by atomic mass is 10.3. The number of aromatic nitrogens is 4. The van der Waals surface area contributed by atoms with Crippen LogP contribution in [0.4, 0.5) is 0 Å². The normalized spacial score (nSPS) is 11.4. The Bertz CT molecular complexity index is 612. The molecule has 0 aromatic carbocycles. The van der Waals surface area contributed by atoms with Crippen LogP contribution in [0.1, 0.15) is 37.5 Å². The van der Waals surface area contributed by atoms with Gasteiger partial charge in [-0.2, -0.15) is 5.10 Å². The van der Waals surface area contributed by atoms with Crippen molar-refractivity contribution in [3.63, 3.8) is 0 Å². The molecule has 0 aliphatic rings.